The zero-order valence-electron chi connectivity index (χ0n) is 18.4. The first-order valence-electron chi connectivity index (χ1n) is 10.5. The highest BCUT2D eigenvalue weighted by Crippen LogP contribution is 2.30. The van der Waals surface area contributed by atoms with E-state index in [0.29, 0.717) is 29.2 Å². The molecule has 0 spiro atoms. The van der Waals surface area contributed by atoms with E-state index in [9.17, 15) is 27.9 Å². The molecule has 0 aliphatic heterocycles. The quantitative estimate of drug-likeness (QED) is 0.451. The van der Waals surface area contributed by atoms with E-state index in [0.717, 1.165) is 28.9 Å². The van der Waals surface area contributed by atoms with Gasteiger partial charge in [0.2, 0.25) is 5.89 Å². The predicted octanol–water partition coefficient (Wildman–Crippen LogP) is 3.40. The minimum absolute atomic E-state index is 0.152. The highest BCUT2D eigenvalue weighted by atomic mass is 35.5. The van der Waals surface area contributed by atoms with Gasteiger partial charge in [-0.1, -0.05) is 31.5 Å². The lowest BCUT2D eigenvalue weighted by atomic mass is 9.93. The molecule has 11 heteroatoms. The summed E-state index contributed by atoms with van der Waals surface area (Å²) in [7, 11) is 0. The lowest BCUT2D eigenvalue weighted by Crippen LogP contribution is -2.39. The molecule has 1 unspecified atom stereocenters. The molecule has 3 aromatic rings. The summed E-state index contributed by atoms with van der Waals surface area (Å²) >= 11 is 6.12. The molecule has 0 N–H and O–H groups in total. The number of benzene rings is 2. The predicted molar refractivity (Wildman–Crippen MR) is 117 cm³/mol. The van der Waals surface area contributed by atoms with Crippen LogP contribution in [0.1, 0.15) is 36.5 Å². The number of hydrogen-bond acceptors (Lipinski definition) is 6. The molecule has 1 atom stereocenters. The molecule has 1 aromatic heterocycles. The first kappa shape index (κ1) is 25.5. The Kier molecular flexibility index (Phi) is 7.83. The molecule has 0 aliphatic carbocycles. The number of aliphatic carboxylic acids is 1. The molecule has 3 rings (SSSR count). The Morgan fingerprint density at radius 3 is 2.38 bits per heavy atom. The number of carboxylic acid groups (broad SMARTS) is 1. The van der Waals surface area contributed by atoms with Crippen molar-refractivity contribution in [2.24, 2.45) is 0 Å². The molecule has 0 radical (unpaired) electrons. The van der Waals surface area contributed by atoms with Crippen LogP contribution in [0.5, 0.6) is 0 Å². The zero-order chi connectivity index (χ0) is 25.0. The highest BCUT2D eigenvalue weighted by molar-refractivity contribution is 6.30. The fourth-order valence-electron chi connectivity index (χ4n) is 3.58. The minimum Gasteiger partial charge on any atom is -0.549 e. The van der Waals surface area contributed by atoms with Crippen LogP contribution in [-0.2, 0) is 17.5 Å². The number of likely N-dealkylation sites (N-methyl/N-ethyl adjacent to an activating group) is 1. The minimum atomic E-state index is -4.50. The third kappa shape index (κ3) is 5.87. The topological polar surface area (TPSA) is 91.4 Å². The number of nitrogens with zero attached hydrogens (tertiary/aromatic N) is 3. The number of carboxylic acids is 1. The molecular weight excluding hydrogens is 475 g/mol. The number of aromatic nitrogens is 2. The molecule has 0 amide bonds. The van der Waals surface area contributed by atoms with Crippen LogP contribution in [0.15, 0.2) is 51.7 Å². The van der Waals surface area contributed by atoms with E-state index in [2.05, 4.69) is 5.10 Å². The second-order valence-electron chi connectivity index (χ2n) is 7.61. The maximum Gasteiger partial charge on any atom is 0.437 e. The normalized spacial score (nSPS) is 12.8. The van der Waals surface area contributed by atoms with Crippen LogP contribution in [0.2, 0.25) is 5.02 Å². The summed E-state index contributed by atoms with van der Waals surface area (Å²) in [6.07, 6.45) is -4.50. The van der Waals surface area contributed by atoms with Gasteiger partial charge in [0.1, 0.15) is 0 Å². The van der Waals surface area contributed by atoms with Crippen LogP contribution in [0, 0.1) is 0 Å². The Labute approximate surface area is 198 Å². The number of halogens is 4. The van der Waals surface area contributed by atoms with Crippen molar-refractivity contribution in [1.82, 2.24) is 14.7 Å². The Bertz CT molecular complexity index is 1200. The van der Waals surface area contributed by atoms with Gasteiger partial charge in [0.25, 0.3) is 0 Å². The average molecular weight is 497 g/mol. The summed E-state index contributed by atoms with van der Waals surface area (Å²) in [5.41, 5.74) is 0.193. The van der Waals surface area contributed by atoms with Gasteiger partial charge in [-0.05, 0) is 60.6 Å². The third-order valence-electron chi connectivity index (χ3n) is 5.49. The van der Waals surface area contributed by atoms with Gasteiger partial charge in [-0.2, -0.15) is 17.9 Å². The van der Waals surface area contributed by atoms with Crippen molar-refractivity contribution in [3.63, 3.8) is 0 Å². The van der Waals surface area contributed by atoms with Crippen molar-refractivity contribution in [3.8, 4) is 11.5 Å². The number of rotatable bonds is 9. The van der Waals surface area contributed by atoms with Crippen molar-refractivity contribution in [3.05, 3.63) is 74.7 Å². The van der Waals surface area contributed by atoms with Crippen LogP contribution in [-0.4, -0.2) is 40.3 Å². The number of hydrogen-bond donors (Lipinski definition) is 0. The second-order valence-corrected chi connectivity index (χ2v) is 8.04. The maximum atomic E-state index is 12.8. The Hall–Kier alpha value is -3.11. The van der Waals surface area contributed by atoms with Gasteiger partial charge >= 0.3 is 11.9 Å². The first-order chi connectivity index (χ1) is 16.0. The standard InChI is InChI=1S/C23H23ClF3N3O4/c1-3-29(4-2)13-19(21(31)32)18-10-9-17(24)11-15(18)12-30-22(33)34-20(28-30)14-5-7-16(8-6-14)23(25,26)27/h5-11,19H,3-4,12-13H2,1-2H3,(H,31,32)/p-1. The van der Waals surface area contributed by atoms with Crippen molar-refractivity contribution in [1.29, 1.82) is 0 Å². The molecule has 34 heavy (non-hydrogen) atoms. The number of alkyl halides is 3. The smallest absolute Gasteiger partial charge is 0.437 e. The van der Waals surface area contributed by atoms with Gasteiger partial charge in [-0.3, -0.25) is 0 Å². The maximum absolute atomic E-state index is 12.8. The summed E-state index contributed by atoms with van der Waals surface area (Å²) in [5, 5.41) is 16.4. The van der Waals surface area contributed by atoms with Crippen LogP contribution in [0.4, 0.5) is 13.2 Å². The fourth-order valence-corrected chi connectivity index (χ4v) is 3.77. The van der Waals surface area contributed by atoms with Crippen LogP contribution in [0.25, 0.3) is 11.5 Å². The van der Waals surface area contributed by atoms with Gasteiger partial charge < -0.3 is 19.2 Å². The van der Waals surface area contributed by atoms with Crippen molar-refractivity contribution in [2.45, 2.75) is 32.5 Å². The zero-order valence-corrected chi connectivity index (χ0v) is 19.2. The molecule has 0 aliphatic rings. The van der Waals surface area contributed by atoms with E-state index in [1.165, 1.54) is 6.07 Å². The lowest BCUT2D eigenvalue weighted by Gasteiger charge is -2.28. The van der Waals surface area contributed by atoms with E-state index in [1.54, 1.807) is 12.1 Å². The van der Waals surface area contributed by atoms with E-state index in [1.807, 2.05) is 18.7 Å². The van der Waals surface area contributed by atoms with Crippen molar-refractivity contribution >= 4 is 17.6 Å². The van der Waals surface area contributed by atoms with E-state index in [4.69, 9.17) is 16.0 Å². The summed E-state index contributed by atoms with van der Waals surface area (Å²) in [5.74, 6) is -3.27. The highest BCUT2D eigenvalue weighted by Gasteiger charge is 2.30. The molecular formula is C23H22ClF3N3O4-. The van der Waals surface area contributed by atoms with Gasteiger partial charge in [-0.25, -0.2) is 4.79 Å². The van der Waals surface area contributed by atoms with Crippen LogP contribution < -0.4 is 10.9 Å². The summed E-state index contributed by atoms with van der Waals surface area (Å²) in [6, 6.07) is 8.69. The summed E-state index contributed by atoms with van der Waals surface area (Å²) < 4.78 is 44.5. The second kappa shape index (κ2) is 10.4. The SMILES string of the molecule is CCN(CC)CC(C(=O)[O-])c1ccc(Cl)cc1Cn1nc(-c2ccc(C(F)(F)F)cc2)oc1=O. The molecule has 0 bridgehead atoms. The Balaban J connectivity index is 1.94. The van der Waals surface area contributed by atoms with Gasteiger partial charge in [-0.15, -0.1) is 5.10 Å². The molecule has 2 aromatic carbocycles. The third-order valence-corrected chi connectivity index (χ3v) is 5.72. The Morgan fingerprint density at radius 2 is 1.82 bits per heavy atom. The molecule has 1 heterocycles. The van der Waals surface area contributed by atoms with Crippen molar-refractivity contribution in [2.75, 3.05) is 19.6 Å². The van der Waals surface area contributed by atoms with Crippen LogP contribution >= 0.6 is 11.6 Å². The molecule has 7 nitrogen and oxygen atoms in total. The Morgan fingerprint density at radius 1 is 1.18 bits per heavy atom. The number of carbonyl (C=O) groups excluding carboxylic acids is 1. The molecule has 0 saturated heterocycles. The largest absolute Gasteiger partial charge is 0.549 e. The monoisotopic (exact) mass is 496 g/mol. The molecule has 0 fully saturated rings. The van der Waals surface area contributed by atoms with E-state index >= 15 is 0 Å². The van der Waals surface area contributed by atoms with Gasteiger partial charge in [0.05, 0.1) is 18.1 Å². The van der Waals surface area contributed by atoms with E-state index < -0.39 is 29.4 Å². The first-order valence-corrected chi connectivity index (χ1v) is 10.9. The lowest BCUT2D eigenvalue weighted by molar-refractivity contribution is -0.308. The van der Waals surface area contributed by atoms with E-state index in [-0.39, 0.29) is 24.5 Å². The average Bonchev–Trinajstić information content (AvgIpc) is 3.15. The molecule has 182 valence electrons. The van der Waals surface area contributed by atoms with Gasteiger partial charge in [0.15, 0.2) is 0 Å². The van der Waals surface area contributed by atoms with Crippen LogP contribution in [0.3, 0.4) is 0 Å². The number of carbonyl (C=O) groups is 1. The fraction of sp³-hybridized carbons (Fsp3) is 0.348. The van der Waals surface area contributed by atoms with Gasteiger partial charge in [0, 0.05) is 23.0 Å². The summed E-state index contributed by atoms with van der Waals surface area (Å²) in [6.45, 7) is 5.16. The molecule has 0 saturated carbocycles. The van der Waals surface area contributed by atoms with Crippen molar-refractivity contribution < 1.29 is 27.5 Å². The summed E-state index contributed by atoms with van der Waals surface area (Å²) in [4.78, 5) is 26.3.